The van der Waals surface area contributed by atoms with Gasteiger partial charge in [-0.15, -0.1) is 0 Å². The van der Waals surface area contributed by atoms with Gasteiger partial charge in [0.15, 0.2) is 12.2 Å². The van der Waals surface area contributed by atoms with E-state index in [9.17, 15) is 43.2 Å². The molecule has 0 fully saturated rings. The van der Waals surface area contributed by atoms with Crippen LogP contribution in [0.1, 0.15) is 336 Å². The van der Waals surface area contributed by atoms with Crippen molar-refractivity contribution in [3.63, 3.8) is 0 Å². The van der Waals surface area contributed by atoms with Crippen molar-refractivity contribution in [3.05, 3.63) is 97.2 Å². The van der Waals surface area contributed by atoms with Crippen LogP contribution in [0.4, 0.5) is 0 Å². The van der Waals surface area contributed by atoms with Crippen LogP contribution in [0.2, 0.25) is 0 Å². The summed E-state index contributed by atoms with van der Waals surface area (Å²) >= 11 is 0. The fourth-order valence-corrected chi connectivity index (χ4v) is 12.0. The third-order valence-corrected chi connectivity index (χ3v) is 18.4. The van der Waals surface area contributed by atoms with Gasteiger partial charge in [-0.25, -0.2) is 9.13 Å². The average Bonchev–Trinajstić information content (AvgIpc) is 1.22. The highest BCUT2D eigenvalue weighted by atomic mass is 31.2. The lowest BCUT2D eigenvalue weighted by molar-refractivity contribution is -0.161. The molecular formula is C81H142O17P2. The Hall–Kier alpha value is -4.02. The third-order valence-electron chi connectivity index (χ3n) is 16.5. The molecule has 5 atom stereocenters. The molecule has 0 amide bonds. The van der Waals surface area contributed by atoms with Crippen molar-refractivity contribution in [2.75, 3.05) is 39.6 Å². The zero-order chi connectivity index (χ0) is 73.2. The van der Waals surface area contributed by atoms with E-state index in [2.05, 4.69) is 113 Å². The summed E-state index contributed by atoms with van der Waals surface area (Å²) < 4.78 is 68.5. The van der Waals surface area contributed by atoms with Crippen LogP contribution < -0.4 is 0 Å². The molecule has 17 nitrogen and oxygen atoms in total. The zero-order valence-corrected chi connectivity index (χ0v) is 64.9. The van der Waals surface area contributed by atoms with Crippen molar-refractivity contribution >= 4 is 39.5 Å². The van der Waals surface area contributed by atoms with E-state index in [1.54, 1.807) is 0 Å². The zero-order valence-electron chi connectivity index (χ0n) is 63.1. The number of carbonyl (C=O) groups is 4. The summed E-state index contributed by atoms with van der Waals surface area (Å²) in [5.74, 6) is -2.26. The van der Waals surface area contributed by atoms with Crippen molar-refractivity contribution in [2.24, 2.45) is 0 Å². The predicted octanol–water partition coefficient (Wildman–Crippen LogP) is 22.8. The largest absolute Gasteiger partial charge is 0.472 e. The minimum absolute atomic E-state index is 0.0175. The van der Waals surface area contributed by atoms with Crippen molar-refractivity contribution in [1.82, 2.24) is 0 Å². The topological polar surface area (TPSA) is 237 Å². The smallest absolute Gasteiger partial charge is 0.462 e. The van der Waals surface area contributed by atoms with Crippen LogP contribution >= 0.6 is 15.6 Å². The molecule has 0 aromatic carbocycles. The number of aliphatic hydroxyl groups excluding tert-OH is 1. The third kappa shape index (κ3) is 72.3. The molecule has 578 valence electrons. The van der Waals surface area contributed by atoms with Gasteiger partial charge in [-0.2, -0.15) is 0 Å². The summed E-state index contributed by atoms with van der Waals surface area (Å²) in [6.07, 6.45) is 76.8. The number of phosphoric ester groups is 2. The summed E-state index contributed by atoms with van der Waals surface area (Å²) in [4.78, 5) is 72.9. The summed E-state index contributed by atoms with van der Waals surface area (Å²) in [5, 5.41) is 10.6. The molecule has 0 aromatic rings. The quantitative estimate of drug-likeness (QED) is 0.0128. The molecule has 19 heteroatoms. The molecule has 0 aliphatic carbocycles. The fourth-order valence-electron chi connectivity index (χ4n) is 10.4. The highest BCUT2D eigenvalue weighted by Crippen LogP contribution is 2.45. The maximum atomic E-state index is 13.1. The summed E-state index contributed by atoms with van der Waals surface area (Å²) in [7, 11) is -9.97. The molecule has 0 radical (unpaired) electrons. The molecule has 100 heavy (non-hydrogen) atoms. The van der Waals surface area contributed by atoms with Gasteiger partial charge in [-0.3, -0.25) is 37.3 Å². The van der Waals surface area contributed by atoms with Crippen LogP contribution in [0.15, 0.2) is 97.2 Å². The fraction of sp³-hybridized carbons (Fsp3) is 0.753. The molecule has 3 N–H and O–H groups in total. The Kier molecular flexibility index (Phi) is 70.4. The molecule has 0 aliphatic heterocycles. The van der Waals surface area contributed by atoms with E-state index in [1.165, 1.54) is 109 Å². The maximum Gasteiger partial charge on any atom is 0.472 e. The number of carbonyl (C=O) groups excluding carboxylic acids is 4. The minimum atomic E-state index is -4.99. The van der Waals surface area contributed by atoms with Crippen LogP contribution in [-0.4, -0.2) is 96.7 Å². The Balaban J connectivity index is 5.42. The van der Waals surface area contributed by atoms with Gasteiger partial charge < -0.3 is 33.8 Å². The average molecular weight is 1450 g/mol. The Morgan fingerprint density at radius 1 is 0.290 bits per heavy atom. The number of aliphatic hydroxyl groups is 1. The van der Waals surface area contributed by atoms with Gasteiger partial charge in [0.1, 0.15) is 19.3 Å². The predicted molar refractivity (Wildman–Crippen MR) is 409 cm³/mol. The van der Waals surface area contributed by atoms with Crippen LogP contribution in [0.5, 0.6) is 0 Å². The van der Waals surface area contributed by atoms with Crippen LogP contribution in [-0.2, 0) is 65.4 Å². The van der Waals surface area contributed by atoms with Crippen LogP contribution in [0.25, 0.3) is 0 Å². The van der Waals surface area contributed by atoms with Crippen molar-refractivity contribution in [2.45, 2.75) is 354 Å². The molecule has 0 rings (SSSR count). The lowest BCUT2D eigenvalue weighted by atomic mass is 10.1. The molecule has 0 saturated carbocycles. The van der Waals surface area contributed by atoms with Gasteiger partial charge in [-0.05, 0) is 141 Å². The Bertz CT molecular complexity index is 2270. The van der Waals surface area contributed by atoms with E-state index in [4.69, 9.17) is 37.0 Å². The summed E-state index contributed by atoms with van der Waals surface area (Å²) in [6.45, 7) is 4.73. The van der Waals surface area contributed by atoms with Gasteiger partial charge in [0.05, 0.1) is 26.4 Å². The van der Waals surface area contributed by atoms with E-state index in [0.29, 0.717) is 32.1 Å². The SMILES string of the molecule is CCCCC/C=C\C/C=C\C/C=C\C/C=C\CCCC(=O)O[C@H](COC(=O)CCCCCCC/C=C\CCCCCCCC)COP(=O)(O)OC[C@@H](O)COP(=O)(O)OC[C@@H](COC(=O)CCCCCCC/C=C\CCCCCC)OC(=O)CCCCCCC/C=C\C=C/CCCCCC. The first kappa shape index (κ1) is 96.0. The normalized spacial score (nSPS) is 14.4. The molecular weight excluding hydrogens is 1310 g/mol. The molecule has 0 heterocycles. The number of ether oxygens (including phenoxy) is 4. The van der Waals surface area contributed by atoms with E-state index < -0.39 is 97.5 Å². The Morgan fingerprint density at radius 2 is 0.530 bits per heavy atom. The number of rotatable bonds is 74. The monoisotopic (exact) mass is 1450 g/mol. The minimum Gasteiger partial charge on any atom is -0.462 e. The lowest BCUT2D eigenvalue weighted by Crippen LogP contribution is -2.30. The number of allylic oxidation sites excluding steroid dienone is 16. The van der Waals surface area contributed by atoms with Crippen molar-refractivity contribution in [3.8, 4) is 0 Å². The second-order valence-corrected chi connectivity index (χ2v) is 29.2. The first-order valence-corrected chi connectivity index (χ1v) is 42.5. The lowest BCUT2D eigenvalue weighted by Gasteiger charge is -2.21. The van der Waals surface area contributed by atoms with Gasteiger partial charge >= 0.3 is 39.5 Å². The van der Waals surface area contributed by atoms with Crippen molar-refractivity contribution < 1.29 is 80.2 Å². The Morgan fingerprint density at radius 3 is 0.890 bits per heavy atom. The highest BCUT2D eigenvalue weighted by Gasteiger charge is 2.30. The maximum absolute atomic E-state index is 13.1. The van der Waals surface area contributed by atoms with Gasteiger partial charge in [0.25, 0.3) is 0 Å². The molecule has 0 aromatic heterocycles. The van der Waals surface area contributed by atoms with Gasteiger partial charge in [0, 0.05) is 25.7 Å². The van der Waals surface area contributed by atoms with E-state index in [1.807, 2.05) is 12.2 Å². The highest BCUT2D eigenvalue weighted by molar-refractivity contribution is 7.47. The van der Waals surface area contributed by atoms with Crippen LogP contribution in [0, 0.1) is 0 Å². The number of unbranched alkanes of at least 4 members (excludes halogenated alkanes) is 33. The van der Waals surface area contributed by atoms with Gasteiger partial charge in [-0.1, -0.05) is 266 Å². The number of hydrogen-bond donors (Lipinski definition) is 3. The molecule has 2 unspecified atom stereocenters. The van der Waals surface area contributed by atoms with Crippen molar-refractivity contribution in [1.29, 1.82) is 0 Å². The standard InChI is InChI=1S/C81H142O17P2/c1-5-9-13-17-21-25-29-33-36-37-40-44-48-52-56-60-64-68-81(86)98-77(72-92-79(84)66-62-58-54-50-46-42-38-34-30-26-22-18-14-10-6-2)74-96-100(89,90)94-70-75(82)69-93-99(87,88)95-73-76(71-91-78(83)65-61-57-53-49-45-41-32-28-24-20-16-12-8-4)97-80(85)67-63-59-55-51-47-43-39-35-31-27-23-19-15-11-7-3/h21,25,27-28,31-36,38-40,44,52,56,75-77,82H,5-20,22-24,26,29-30,37,41-43,45-51,53-55,57-74H2,1-4H3,(H,87,88)(H,89,90)/b25-21-,31-27-,32-28-,36-33-,38-34-,39-35-,44-40-,56-52-/t75-,76+,77+/m0/s1. The summed E-state index contributed by atoms with van der Waals surface area (Å²) in [6, 6.07) is 0. The molecule has 0 aliphatic rings. The number of esters is 4. The first-order chi connectivity index (χ1) is 48.7. The van der Waals surface area contributed by atoms with E-state index in [-0.39, 0.29) is 25.7 Å². The first-order valence-electron chi connectivity index (χ1n) is 39.5. The molecule has 0 bridgehead atoms. The number of phosphoric acid groups is 2. The van der Waals surface area contributed by atoms with E-state index >= 15 is 0 Å². The molecule has 0 saturated heterocycles. The number of hydrogen-bond acceptors (Lipinski definition) is 15. The molecule has 0 spiro atoms. The van der Waals surface area contributed by atoms with Crippen LogP contribution in [0.3, 0.4) is 0 Å². The van der Waals surface area contributed by atoms with E-state index in [0.717, 1.165) is 141 Å². The second kappa shape index (κ2) is 73.3. The second-order valence-electron chi connectivity index (χ2n) is 26.3. The van der Waals surface area contributed by atoms with Gasteiger partial charge in [0.2, 0.25) is 0 Å². The Labute approximate surface area is 607 Å². The summed E-state index contributed by atoms with van der Waals surface area (Å²) in [5.41, 5.74) is 0.